The number of ketones is 1. The molecule has 1 aromatic heterocycles. The van der Waals surface area contributed by atoms with Crippen LogP contribution in [0.4, 0.5) is 0 Å². The van der Waals surface area contributed by atoms with Crippen LogP contribution in [0.15, 0.2) is 48.8 Å². The summed E-state index contributed by atoms with van der Waals surface area (Å²) in [7, 11) is 0. The zero-order valence-corrected chi connectivity index (χ0v) is 10.9. The third-order valence-electron chi connectivity index (χ3n) is 3.65. The van der Waals surface area contributed by atoms with Gasteiger partial charge in [0.15, 0.2) is 5.78 Å². The molecule has 0 amide bonds. The molecule has 2 heteroatoms. The lowest BCUT2D eigenvalue weighted by atomic mass is 10.0. The number of rotatable bonds is 5. The predicted octanol–water partition coefficient (Wildman–Crippen LogP) is 3.77. The Morgan fingerprint density at radius 3 is 2.58 bits per heavy atom. The Balaban J connectivity index is 1.58. The summed E-state index contributed by atoms with van der Waals surface area (Å²) >= 11 is 0. The molecule has 0 N–H and O–H groups in total. The first-order chi connectivity index (χ1) is 9.33. The van der Waals surface area contributed by atoms with Crippen LogP contribution in [0.3, 0.4) is 0 Å². The molecule has 0 spiro atoms. The van der Waals surface area contributed by atoms with Crippen LogP contribution in [-0.4, -0.2) is 10.8 Å². The van der Waals surface area contributed by atoms with Crippen LogP contribution in [0.2, 0.25) is 0 Å². The smallest absolute Gasteiger partial charge is 0.164 e. The highest BCUT2D eigenvalue weighted by molar-refractivity contribution is 5.95. The minimum atomic E-state index is 0.166. The summed E-state index contributed by atoms with van der Waals surface area (Å²) in [5, 5.41) is 0. The first-order valence-electron chi connectivity index (χ1n) is 6.85. The Kier molecular flexibility index (Phi) is 3.41. The van der Waals surface area contributed by atoms with Crippen molar-refractivity contribution >= 4 is 5.78 Å². The van der Waals surface area contributed by atoms with Crippen molar-refractivity contribution in [2.24, 2.45) is 0 Å². The Bertz CT molecular complexity index is 556. The number of nitrogens with zero attached hydrogens (tertiary/aromatic N) is 1. The van der Waals surface area contributed by atoms with Gasteiger partial charge in [-0.25, -0.2) is 0 Å². The van der Waals surface area contributed by atoms with E-state index >= 15 is 0 Å². The highest BCUT2D eigenvalue weighted by Crippen LogP contribution is 2.39. The Morgan fingerprint density at radius 1 is 1.16 bits per heavy atom. The molecule has 1 saturated carbocycles. The second kappa shape index (κ2) is 5.35. The van der Waals surface area contributed by atoms with E-state index in [0.29, 0.717) is 12.0 Å². The molecule has 0 bridgehead atoms. The van der Waals surface area contributed by atoms with Gasteiger partial charge in [0.05, 0.1) is 0 Å². The zero-order chi connectivity index (χ0) is 13.1. The molecule has 2 aromatic rings. The Morgan fingerprint density at radius 2 is 1.95 bits per heavy atom. The number of aryl methyl sites for hydroxylation is 1. The molecule has 0 atom stereocenters. The maximum Gasteiger partial charge on any atom is 0.164 e. The highest BCUT2D eigenvalue weighted by Gasteiger charge is 2.22. The maximum absolute atomic E-state index is 12.0. The van der Waals surface area contributed by atoms with Gasteiger partial charge in [-0.2, -0.15) is 0 Å². The molecule has 3 rings (SSSR count). The van der Waals surface area contributed by atoms with Crippen LogP contribution >= 0.6 is 0 Å². The van der Waals surface area contributed by atoms with Crippen LogP contribution in [0, 0.1) is 0 Å². The number of carbonyl (C=O) groups excluding carboxylic acids is 1. The quantitative estimate of drug-likeness (QED) is 0.757. The van der Waals surface area contributed by atoms with Crippen LogP contribution in [0.1, 0.15) is 46.7 Å². The Hall–Kier alpha value is -1.96. The average Bonchev–Trinajstić information content (AvgIpc) is 3.31. The number of hydrogen-bond donors (Lipinski definition) is 0. The fraction of sp³-hybridized carbons (Fsp3) is 0.294. The van der Waals surface area contributed by atoms with Gasteiger partial charge in [-0.05, 0) is 48.4 Å². The van der Waals surface area contributed by atoms with Gasteiger partial charge >= 0.3 is 0 Å². The van der Waals surface area contributed by atoms with Crippen LogP contribution < -0.4 is 0 Å². The van der Waals surface area contributed by atoms with Crippen LogP contribution in [-0.2, 0) is 6.42 Å². The molecule has 0 radical (unpaired) electrons. The summed E-state index contributed by atoms with van der Waals surface area (Å²) in [6.45, 7) is 0. The molecule has 1 aliphatic rings. The van der Waals surface area contributed by atoms with Gasteiger partial charge in [-0.3, -0.25) is 9.78 Å². The van der Waals surface area contributed by atoms with E-state index in [1.165, 1.54) is 24.0 Å². The third-order valence-corrected chi connectivity index (χ3v) is 3.65. The third kappa shape index (κ3) is 3.08. The van der Waals surface area contributed by atoms with Gasteiger partial charge in [0.1, 0.15) is 0 Å². The standard InChI is InChI=1S/C17H17NO/c19-17(16-2-1-11-18-12-16)10-5-13-3-6-14(7-4-13)15-8-9-15/h1-4,6-7,11-12,15H,5,8-10H2. The molecular formula is C17H17NO. The SMILES string of the molecule is O=C(CCc1ccc(C2CC2)cc1)c1cccnc1. The minimum absolute atomic E-state index is 0.166. The lowest BCUT2D eigenvalue weighted by molar-refractivity contribution is 0.0982. The average molecular weight is 251 g/mol. The van der Waals surface area contributed by atoms with Gasteiger partial charge in [-0.15, -0.1) is 0 Å². The molecule has 1 aliphatic carbocycles. The maximum atomic E-state index is 12.0. The first-order valence-corrected chi connectivity index (χ1v) is 6.85. The van der Waals surface area contributed by atoms with Crippen LogP contribution in [0.5, 0.6) is 0 Å². The molecule has 0 aliphatic heterocycles. The lowest BCUT2D eigenvalue weighted by Gasteiger charge is -2.03. The summed E-state index contributed by atoms with van der Waals surface area (Å²) in [6, 6.07) is 12.4. The molecule has 96 valence electrons. The molecule has 1 aromatic carbocycles. The summed E-state index contributed by atoms with van der Waals surface area (Å²) in [4.78, 5) is 15.9. The van der Waals surface area contributed by atoms with E-state index in [1.54, 1.807) is 18.5 Å². The summed E-state index contributed by atoms with van der Waals surface area (Å²) < 4.78 is 0. The highest BCUT2D eigenvalue weighted by atomic mass is 16.1. The number of benzene rings is 1. The van der Waals surface area contributed by atoms with Gasteiger partial charge in [-0.1, -0.05) is 24.3 Å². The monoisotopic (exact) mass is 251 g/mol. The van der Waals surface area contributed by atoms with Crippen molar-refractivity contribution in [2.75, 3.05) is 0 Å². The molecule has 1 heterocycles. The first kappa shape index (κ1) is 12.1. The molecule has 2 nitrogen and oxygen atoms in total. The fourth-order valence-electron chi connectivity index (χ4n) is 2.30. The van der Waals surface area contributed by atoms with Crippen molar-refractivity contribution in [1.82, 2.24) is 4.98 Å². The minimum Gasteiger partial charge on any atom is -0.294 e. The van der Waals surface area contributed by atoms with Crippen molar-refractivity contribution in [3.63, 3.8) is 0 Å². The number of aromatic nitrogens is 1. The summed E-state index contributed by atoms with van der Waals surface area (Å²) in [5.41, 5.74) is 3.39. The number of hydrogen-bond acceptors (Lipinski definition) is 2. The number of Topliss-reactive ketones (excluding diaryl/α,β-unsaturated/α-hetero) is 1. The van der Waals surface area contributed by atoms with Gasteiger partial charge in [0, 0.05) is 24.4 Å². The zero-order valence-electron chi connectivity index (χ0n) is 10.9. The van der Waals surface area contributed by atoms with Crippen molar-refractivity contribution in [3.8, 4) is 0 Å². The number of carbonyl (C=O) groups is 1. The van der Waals surface area contributed by atoms with E-state index in [2.05, 4.69) is 29.2 Å². The molecule has 0 unspecified atom stereocenters. The van der Waals surface area contributed by atoms with E-state index in [0.717, 1.165) is 12.3 Å². The largest absolute Gasteiger partial charge is 0.294 e. The van der Waals surface area contributed by atoms with Crippen molar-refractivity contribution in [1.29, 1.82) is 0 Å². The van der Waals surface area contributed by atoms with E-state index in [1.807, 2.05) is 6.07 Å². The number of pyridine rings is 1. The van der Waals surface area contributed by atoms with Crippen molar-refractivity contribution in [3.05, 3.63) is 65.5 Å². The van der Waals surface area contributed by atoms with E-state index in [-0.39, 0.29) is 5.78 Å². The Labute approximate surface area is 113 Å². The lowest BCUT2D eigenvalue weighted by Crippen LogP contribution is -2.01. The normalized spacial score (nSPS) is 14.3. The predicted molar refractivity (Wildman–Crippen MR) is 75.3 cm³/mol. The second-order valence-corrected chi connectivity index (χ2v) is 5.18. The van der Waals surface area contributed by atoms with Gasteiger partial charge < -0.3 is 0 Å². The van der Waals surface area contributed by atoms with Crippen LogP contribution in [0.25, 0.3) is 0 Å². The topological polar surface area (TPSA) is 30.0 Å². The van der Waals surface area contributed by atoms with Crippen molar-refractivity contribution < 1.29 is 4.79 Å². The summed E-state index contributed by atoms with van der Waals surface area (Å²) in [6.07, 6.45) is 7.34. The second-order valence-electron chi connectivity index (χ2n) is 5.18. The van der Waals surface area contributed by atoms with Gasteiger partial charge in [0.25, 0.3) is 0 Å². The summed E-state index contributed by atoms with van der Waals surface area (Å²) in [5.74, 6) is 0.963. The van der Waals surface area contributed by atoms with E-state index < -0.39 is 0 Å². The molecular weight excluding hydrogens is 234 g/mol. The molecule has 19 heavy (non-hydrogen) atoms. The fourth-order valence-corrected chi connectivity index (χ4v) is 2.30. The van der Waals surface area contributed by atoms with E-state index in [4.69, 9.17) is 0 Å². The molecule has 0 saturated heterocycles. The van der Waals surface area contributed by atoms with E-state index in [9.17, 15) is 4.79 Å². The van der Waals surface area contributed by atoms with Crippen molar-refractivity contribution in [2.45, 2.75) is 31.6 Å². The molecule has 1 fully saturated rings. The van der Waals surface area contributed by atoms with Gasteiger partial charge in [0.2, 0.25) is 0 Å².